The molecule has 3 aliphatic rings. The standard InChI is InChI=1S/C25H23F2N7O3/c1-14-6-16(4-3-5-28)7-15(2)18(14)37-20-17-19(31-22(36)34(17)12-25(26,27)13-35)30-21(32-20)33-24-8-23(9-24,10-24)11-29/h3-4,6-7,35H,8-10,12-13H2,1-2H3,(H2,30,31,32,33,36)/b4-3+. The van der Waals surface area contributed by atoms with Crippen molar-refractivity contribution in [3.05, 3.63) is 45.4 Å². The van der Waals surface area contributed by atoms with Gasteiger partial charge in [0.2, 0.25) is 5.95 Å². The molecule has 12 heteroatoms. The number of imidazole rings is 1. The molecule has 0 spiro atoms. The maximum absolute atomic E-state index is 14.1. The third-order valence-electron chi connectivity index (χ3n) is 6.89. The van der Waals surface area contributed by atoms with Crippen molar-refractivity contribution >= 4 is 23.2 Å². The number of nitrogens with zero attached hydrogens (tertiary/aromatic N) is 5. The van der Waals surface area contributed by atoms with Gasteiger partial charge in [-0.1, -0.05) is 0 Å². The van der Waals surface area contributed by atoms with Crippen molar-refractivity contribution < 1.29 is 18.6 Å². The van der Waals surface area contributed by atoms with Gasteiger partial charge in [-0.2, -0.15) is 20.5 Å². The number of aromatic amines is 1. The summed E-state index contributed by atoms with van der Waals surface area (Å²) in [6.07, 6.45) is 4.92. The second-order valence-corrected chi connectivity index (χ2v) is 9.96. The molecule has 3 saturated carbocycles. The largest absolute Gasteiger partial charge is 0.436 e. The molecule has 1 aromatic carbocycles. The first-order valence-corrected chi connectivity index (χ1v) is 11.6. The minimum absolute atomic E-state index is 0.00304. The van der Waals surface area contributed by atoms with Crippen LogP contribution < -0.4 is 15.7 Å². The first-order valence-electron chi connectivity index (χ1n) is 11.6. The number of hydrogen-bond acceptors (Lipinski definition) is 8. The predicted octanol–water partition coefficient (Wildman–Crippen LogP) is 3.55. The normalized spacial score (nSPS) is 22.2. The van der Waals surface area contributed by atoms with Gasteiger partial charge < -0.3 is 15.2 Å². The lowest BCUT2D eigenvalue weighted by atomic mass is 9.40. The lowest BCUT2D eigenvalue weighted by Crippen LogP contribution is -2.70. The molecule has 0 atom stereocenters. The summed E-state index contributed by atoms with van der Waals surface area (Å²) >= 11 is 0. The smallest absolute Gasteiger partial charge is 0.328 e. The number of allylic oxidation sites excluding steroid dienone is 1. The van der Waals surface area contributed by atoms with Crippen molar-refractivity contribution in [2.45, 2.75) is 51.1 Å². The van der Waals surface area contributed by atoms with E-state index < -0.39 is 24.8 Å². The zero-order valence-electron chi connectivity index (χ0n) is 20.1. The number of aromatic nitrogens is 4. The van der Waals surface area contributed by atoms with Crippen LogP contribution >= 0.6 is 0 Å². The van der Waals surface area contributed by atoms with Crippen molar-refractivity contribution in [2.24, 2.45) is 5.41 Å². The molecule has 190 valence electrons. The van der Waals surface area contributed by atoms with Gasteiger partial charge in [-0.3, -0.25) is 9.55 Å². The summed E-state index contributed by atoms with van der Waals surface area (Å²) in [4.78, 5) is 23.9. The maximum Gasteiger partial charge on any atom is 0.328 e. The van der Waals surface area contributed by atoms with Crippen LogP contribution in [0.5, 0.6) is 11.6 Å². The minimum atomic E-state index is -3.56. The number of alkyl halides is 2. The predicted molar refractivity (Wildman–Crippen MR) is 129 cm³/mol. The molecule has 3 aliphatic carbocycles. The number of fused-ring (bicyclic) bond motifs is 1. The summed E-state index contributed by atoms with van der Waals surface area (Å²) in [6.45, 7) is 1.04. The fraction of sp³-hybridized carbons (Fsp3) is 0.400. The number of anilines is 1. The number of H-pyrrole nitrogens is 1. The molecule has 6 rings (SSSR count). The van der Waals surface area contributed by atoms with E-state index in [-0.39, 0.29) is 33.9 Å². The van der Waals surface area contributed by atoms with E-state index in [0.717, 1.165) is 10.1 Å². The molecule has 0 aliphatic heterocycles. The molecule has 0 saturated heterocycles. The Hall–Kier alpha value is -4.29. The number of hydrogen-bond donors (Lipinski definition) is 3. The molecule has 37 heavy (non-hydrogen) atoms. The summed E-state index contributed by atoms with van der Waals surface area (Å²) in [6, 6.07) is 7.85. The molecule has 3 aromatic rings. The number of nitrogens with one attached hydrogen (secondary N) is 2. The Labute approximate surface area is 209 Å². The van der Waals surface area contributed by atoms with Crippen molar-refractivity contribution in [3.63, 3.8) is 0 Å². The van der Waals surface area contributed by atoms with E-state index in [2.05, 4.69) is 26.3 Å². The van der Waals surface area contributed by atoms with E-state index in [4.69, 9.17) is 15.1 Å². The Balaban J connectivity index is 1.59. The molecule has 3 fully saturated rings. The van der Waals surface area contributed by atoms with Crippen molar-refractivity contribution in [3.8, 4) is 23.8 Å². The number of halogens is 2. The molecule has 2 aromatic heterocycles. The van der Waals surface area contributed by atoms with Gasteiger partial charge >= 0.3 is 5.69 Å². The quantitative estimate of drug-likeness (QED) is 0.391. The monoisotopic (exact) mass is 507 g/mol. The Morgan fingerprint density at radius 2 is 1.95 bits per heavy atom. The molecule has 2 bridgehead atoms. The van der Waals surface area contributed by atoms with Crippen LogP contribution in [0.2, 0.25) is 0 Å². The van der Waals surface area contributed by atoms with E-state index in [1.54, 1.807) is 32.1 Å². The van der Waals surface area contributed by atoms with Gasteiger partial charge in [0.05, 0.1) is 24.1 Å². The molecule has 10 nitrogen and oxygen atoms in total. The van der Waals surface area contributed by atoms with Crippen molar-refractivity contribution in [2.75, 3.05) is 11.9 Å². The highest BCUT2D eigenvalue weighted by atomic mass is 19.3. The topological polar surface area (TPSA) is 153 Å². The van der Waals surface area contributed by atoms with E-state index in [0.29, 0.717) is 36.1 Å². The highest BCUT2D eigenvalue weighted by Crippen LogP contribution is 2.67. The van der Waals surface area contributed by atoms with E-state index in [1.807, 2.05) is 6.07 Å². The van der Waals surface area contributed by atoms with Gasteiger partial charge in [-0.15, -0.1) is 0 Å². The molecule has 0 unspecified atom stereocenters. The van der Waals surface area contributed by atoms with Gasteiger partial charge in [-0.25, -0.2) is 13.6 Å². The lowest BCUT2D eigenvalue weighted by molar-refractivity contribution is -0.0665. The number of rotatable bonds is 8. The number of aliphatic hydroxyl groups is 1. The van der Waals surface area contributed by atoms with Crippen LogP contribution in [0.25, 0.3) is 17.2 Å². The number of benzene rings is 1. The number of nitriles is 2. The summed E-state index contributed by atoms with van der Waals surface area (Å²) < 4.78 is 35.1. The van der Waals surface area contributed by atoms with Crippen LogP contribution in [0, 0.1) is 41.9 Å². The second kappa shape index (κ2) is 8.39. The summed E-state index contributed by atoms with van der Waals surface area (Å²) in [5.74, 6) is -3.14. The number of aryl methyl sites for hydroxylation is 2. The first kappa shape index (κ1) is 24.4. The van der Waals surface area contributed by atoms with Crippen LogP contribution in [0.3, 0.4) is 0 Å². The highest BCUT2D eigenvalue weighted by molar-refractivity contribution is 5.79. The van der Waals surface area contributed by atoms with Gasteiger partial charge in [0.15, 0.2) is 11.2 Å². The summed E-state index contributed by atoms with van der Waals surface area (Å²) in [7, 11) is 0. The third-order valence-corrected chi connectivity index (χ3v) is 6.89. The van der Waals surface area contributed by atoms with E-state index in [1.165, 1.54) is 6.08 Å². The average Bonchev–Trinajstić information content (AvgIpc) is 3.10. The Morgan fingerprint density at radius 3 is 2.54 bits per heavy atom. The van der Waals surface area contributed by atoms with Crippen molar-refractivity contribution in [1.29, 1.82) is 10.5 Å². The SMILES string of the molecule is Cc1cc(/C=C/C#N)cc(C)c1Oc1nc(NC23CC(C#N)(C2)C3)nc2[nH]c(=O)n(CC(F)(F)CO)c12. The van der Waals surface area contributed by atoms with Gasteiger partial charge in [-0.05, 0) is 68.0 Å². The summed E-state index contributed by atoms with van der Waals surface area (Å²) in [5, 5.41) is 30.4. The average molecular weight is 508 g/mol. The van der Waals surface area contributed by atoms with Crippen LogP contribution in [0.4, 0.5) is 14.7 Å². The van der Waals surface area contributed by atoms with Crippen LogP contribution in [0.1, 0.15) is 36.0 Å². The third kappa shape index (κ3) is 4.19. The zero-order chi connectivity index (χ0) is 26.6. The maximum atomic E-state index is 14.1. The van der Waals surface area contributed by atoms with Gasteiger partial charge in [0.25, 0.3) is 11.8 Å². The second-order valence-electron chi connectivity index (χ2n) is 9.96. The Kier molecular flexibility index (Phi) is 5.53. The lowest BCUT2D eigenvalue weighted by Gasteiger charge is -2.66. The molecule has 0 radical (unpaired) electrons. The fourth-order valence-electron chi connectivity index (χ4n) is 5.34. The first-order chi connectivity index (χ1) is 17.5. The molecule has 0 amide bonds. The Bertz CT molecular complexity index is 1550. The molecule has 2 heterocycles. The van der Waals surface area contributed by atoms with E-state index >= 15 is 0 Å². The van der Waals surface area contributed by atoms with Crippen LogP contribution in [-0.2, 0) is 6.54 Å². The van der Waals surface area contributed by atoms with Gasteiger partial charge in [0.1, 0.15) is 12.4 Å². The zero-order valence-corrected chi connectivity index (χ0v) is 20.1. The molecular formula is C25H23F2N7O3. The Morgan fingerprint density at radius 1 is 1.27 bits per heavy atom. The van der Waals surface area contributed by atoms with Crippen LogP contribution in [0.15, 0.2) is 23.0 Å². The fourth-order valence-corrected chi connectivity index (χ4v) is 5.34. The number of ether oxygens (including phenoxy) is 1. The highest BCUT2D eigenvalue weighted by Gasteiger charge is 2.69. The van der Waals surface area contributed by atoms with Crippen molar-refractivity contribution in [1.82, 2.24) is 19.5 Å². The molecular weight excluding hydrogens is 484 g/mol. The molecule has 3 N–H and O–H groups in total. The van der Waals surface area contributed by atoms with Gasteiger partial charge in [0, 0.05) is 11.6 Å². The van der Waals surface area contributed by atoms with Crippen LogP contribution in [-0.4, -0.2) is 42.7 Å². The summed E-state index contributed by atoms with van der Waals surface area (Å²) in [5.41, 5.74) is 0.597. The number of aliphatic hydroxyl groups excluding tert-OH is 1. The van der Waals surface area contributed by atoms with E-state index in [9.17, 15) is 18.8 Å². The minimum Gasteiger partial charge on any atom is -0.436 e.